The molecule has 3 aromatic rings. The van der Waals surface area contributed by atoms with E-state index in [2.05, 4.69) is 11.6 Å². The van der Waals surface area contributed by atoms with Crippen LogP contribution in [0.5, 0.6) is 0 Å². The van der Waals surface area contributed by atoms with Gasteiger partial charge in [0.25, 0.3) is 10.0 Å². The number of hydrogen-bond donors (Lipinski definition) is 0. The molecule has 0 aliphatic carbocycles. The molecule has 0 radical (unpaired) electrons. The molecule has 0 aliphatic rings. The van der Waals surface area contributed by atoms with Crippen LogP contribution in [0.1, 0.15) is 0 Å². The van der Waals surface area contributed by atoms with E-state index < -0.39 is 10.0 Å². The zero-order valence-electron chi connectivity index (χ0n) is 11.7. The minimum Gasteiger partial charge on any atom is -0.222 e. The fourth-order valence-electron chi connectivity index (χ4n) is 2.14. The first kappa shape index (κ1) is 14.9. The number of para-hydroxylation sites is 2. The van der Waals surface area contributed by atoms with E-state index in [1.807, 2.05) is 18.2 Å². The van der Waals surface area contributed by atoms with Gasteiger partial charge in [0.05, 0.1) is 15.9 Å². The lowest BCUT2D eigenvalue weighted by atomic mass is 10.3. The zero-order chi connectivity index (χ0) is 15.6. The van der Waals surface area contributed by atoms with Crippen LogP contribution in [-0.4, -0.2) is 23.1 Å². The van der Waals surface area contributed by atoms with Crippen LogP contribution in [0.3, 0.4) is 0 Å². The van der Waals surface area contributed by atoms with Gasteiger partial charge in [0.1, 0.15) is 0 Å². The summed E-state index contributed by atoms with van der Waals surface area (Å²) in [5.41, 5.74) is 1.24. The molecule has 0 aliphatic heterocycles. The normalized spacial score (nSPS) is 11.6. The van der Waals surface area contributed by atoms with Gasteiger partial charge in [-0.1, -0.05) is 48.2 Å². The standard InChI is InChI=1S/C16H14N2O2S2/c1-2-12-21-16-17-14-10-6-7-11-15(14)18(16)22(19,20)13-8-4-3-5-9-13/h2-11H,1,12H2. The second kappa shape index (κ2) is 5.98. The summed E-state index contributed by atoms with van der Waals surface area (Å²) < 4.78 is 27.3. The van der Waals surface area contributed by atoms with Gasteiger partial charge in [0.2, 0.25) is 0 Å². The van der Waals surface area contributed by atoms with E-state index in [-0.39, 0.29) is 4.90 Å². The van der Waals surface area contributed by atoms with Gasteiger partial charge >= 0.3 is 0 Å². The Balaban J connectivity index is 2.26. The van der Waals surface area contributed by atoms with Crippen molar-refractivity contribution in [2.24, 2.45) is 0 Å². The summed E-state index contributed by atoms with van der Waals surface area (Å²) in [4.78, 5) is 4.69. The molecule has 3 rings (SSSR count). The summed E-state index contributed by atoms with van der Waals surface area (Å²) in [5.74, 6) is 0.591. The molecule has 2 aromatic carbocycles. The number of rotatable bonds is 5. The molecule has 112 valence electrons. The molecular formula is C16H14N2O2S2. The van der Waals surface area contributed by atoms with Gasteiger partial charge < -0.3 is 0 Å². The Morgan fingerprint density at radius 1 is 1.09 bits per heavy atom. The Bertz CT molecular complexity index is 916. The van der Waals surface area contributed by atoms with E-state index in [4.69, 9.17) is 0 Å². The topological polar surface area (TPSA) is 52.0 Å². The molecule has 1 aromatic heterocycles. The third kappa shape index (κ3) is 2.55. The molecule has 0 atom stereocenters. The minimum atomic E-state index is -3.68. The third-order valence-electron chi connectivity index (χ3n) is 3.10. The fraction of sp³-hybridized carbons (Fsp3) is 0.0625. The van der Waals surface area contributed by atoms with Crippen molar-refractivity contribution in [2.75, 3.05) is 5.75 Å². The lowest BCUT2D eigenvalue weighted by Crippen LogP contribution is -2.14. The molecule has 4 nitrogen and oxygen atoms in total. The third-order valence-corrected chi connectivity index (χ3v) is 5.87. The number of imidazole rings is 1. The van der Waals surface area contributed by atoms with Crippen molar-refractivity contribution in [3.63, 3.8) is 0 Å². The summed E-state index contributed by atoms with van der Waals surface area (Å²) in [7, 11) is -3.68. The smallest absolute Gasteiger partial charge is 0.222 e. The number of hydrogen-bond acceptors (Lipinski definition) is 4. The molecule has 0 fully saturated rings. The van der Waals surface area contributed by atoms with Crippen LogP contribution in [0.4, 0.5) is 0 Å². The Labute approximate surface area is 133 Å². The Kier molecular flexibility index (Phi) is 4.04. The number of aromatic nitrogens is 2. The van der Waals surface area contributed by atoms with E-state index in [1.165, 1.54) is 15.7 Å². The number of benzene rings is 2. The van der Waals surface area contributed by atoms with Crippen molar-refractivity contribution in [2.45, 2.75) is 10.1 Å². The monoisotopic (exact) mass is 330 g/mol. The zero-order valence-corrected chi connectivity index (χ0v) is 13.3. The highest BCUT2D eigenvalue weighted by molar-refractivity contribution is 8.00. The van der Waals surface area contributed by atoms with E-state index in [0.717, 1.165) is 0 Å². The fourth-order valence-corrected chi connectivity index (χ4v) is 4.61. The second-order valence-corrected chi connectivity index (χ2v) is 7.34. The van der Waals surface area contributed by atoms with Crippen molar-refractivity contribution in [3.8, 4) is 0 Å². The van der Waals surface area contributed by atoms with Gasteiger partial charge in [-0.15, -0.1) is 6.58 Å². The summed E-state index contributed by atoms with van der Waals surface area (Å²) in [5, 5.41) is 0.449. The van der Waals surface area contributed by atoms with E-state index >= 15 is 0 Å². The summed E-state index contributed by atoms with van der Waals surface area (Å²) in [6, 6.07) is 15.6. The predicted molar refractivity (Wildman–Crippen MR) is 89.7 cm³/mol. The molecule has 0 amide bonds. The molecule has 22 heavy (non-hydrogen) atoms. The quantitative estimate of drug-likeness (QED) is 0.530. The SMILES string of the molecule is C=CCSc1nc2ccccc2n1S(=O)(=O)c1ccccc1. The van der Waals surface area contributed by atoms with Crippen LogP contribution < -0.4 is 0 Å². The first-order valence-electron chi connectivity index (χ1n) is 6.66. The Morgan fingerprint density at radius 3 is 2.50 bits per heavy atom. The average molecular weight is 330 g/mol. The molecular weight excluding hydrogens is 316 g/mol. The molecule has 1 heterocycles. The maximum Gasteiger partial charge on any atom is 0.270 e. The second-order valence-electron chi connectivity index (χ2n) is 4.57. The van der Waals surface area contributed by atoms with E-state index in [9.17, 15) is 8.42 Å². The summed E-state index contributed by atoms with van der Waals surface area (Å²) in [6.45, 7) is 3.67. The predicted octanol–water partition coefficient (Wildman–Crippen LogP) is 3.55. The van der Waals surface area contributed by atoms with Crippen molar-refractivity contribution in [3.05, 3.63) is 67.3 Å². The van der Waals surface area contributed by atoms with E-state index in [0.29, 0.717) is 21.9 Å². The lowest BCUT2D eigenvalue weighted by Gasteiger charge is -2.09. The van der Waals surface area contributed by atoms with Crippen molar-refractivity contribution < 1.29 is 8.42 Å². The largest absolute Gasteiger partial charge is 0.270 e. The van der Waals surface area contributed by atoms with Crippen LogP contribution in [0.2, 0.25) is 0 Å². The van der Waals surface area contributed by atoms with Crippen LogP contribution in [0.15, 0.2) is 77.3 Å². The molecule has 0 bridgehead atoms. The highest BCUT2D eigenvalue weighted by atomic mass is 32.2. The van der Waals surface area contributed by atoms with Crippen LogP contribution in [0, 0.1) is 0 Å². The van der Waals surface area contributed by atoms with Gasteiger partial charge in [-0.3, -0.25) is 0 Å². The molecule has 0 spiro atoms. The van der Waals surface area contributed by atoms with Crippen molar-refractivity contribution in [1.29, 1.82) is 0 Å². The molecule has 0 saturated carbocycles. The highest BCUT2D eigenvalue weighted by Crippen LogP contribution is 2.28. The lowest BCUT2D eigenvalue weighted by molar-refractivity contribution is 0.584. The summed E-state index contributed by atoms with van der Waals surface area (Å²) in [6.07, 6.45) is 1.73. The maximum atomic E-state index is 13.0. The van der Waals surface area contributed by atoms with Crippen molar-refractivity contribution in [1.82, 2.24) is 8.96 Å². The number of thioether (sulfide) groups is 1. The number of fused-ring (bicyclic) bond motifs is 1. The van der Waals surface area contributed by atoms with Crippen molar-refractivity contribution >= 4 is 32.8 Å². The molecule has 0 unspecified atom stereocenters. The maximum absolute atomic E-state index is 13.0. The first-order valence-corrected chi connectivity index (χ1v) is 9.09. The van der Waals surface area contributed by atoms with Gasteiger partial charge in [-0.05, 0) is 24.3 Å². The Hall–Kier alpha value is -2.05. The molecule has 0 saturated heterocycles. The average Bonchev–Trinajstić information content (AvgIpc) is 2.92. The van der Waals surface area contributed by atoms with Gasteiger partial charge in [0.15, 0.2) is 5.16 Å². The van der Waals surface area contributed by atoms with Crippen LogP contribution in [-0.2, 0) is 10.0 Å². The van der Waals surface area contributed by atoms with E-state index in [1.54, 1.807) is 42.5 Å². The van der Waals surface area contributed by atoms with Gasteiger partial charge in [-0.2, -0.15) is 0 Å². The highest BCUT2D eigenvalue weighted by Gasteiger charge is 2.23. The first-order chi connectivity index (χ1) is 10.6. The summed E-state index contributed by atoms with van der Waals surface area (Å²) >= 11 is 1.35. The van der Waals surface area contributed by atoms with Crippen LogP contribution >= 0.6 is 11.8 Å². The minimum absolute atomic E-state index is 0.249. The van der Waals surface area contributed by atoms with Crippen LogP contribution in [0.25, 0.3) is 11.0 Å². The van der Waals surface area contributed by atoms with Gasteiger partial charge in [0, 0.05) is 5.75 Å². The Morgan fingerprint density at radius 2 is 1.77 bits per heavy atom. The molecule has 0 N–H and O–H groups in total. The van der Waals surface area contributed by atoms with Gasteiger partial charge in [-0.25, -0.2) is 17.4 Å². The molecule has 6 heteroatoms. The number of nitrogens with zero attached hydrogens (tertiary/aromatic N) is 2.